The predicted octanol–water partition coefficient (Wildman–Crippen LogP) is 4.13. The first-order valence-electron chi connectivity index (χ1n) is 7.80. The first-order chi connectivity index (χ1) is 13.0. The molecule has 0 aliphatic carbocycles. The Labute approximate surface area is 158 Å². The van der Waals surface area contributed by atoms with E-state index in [9.17, 15) is 9.18 Å². The van der Waals surface area contributed by atoms with E-state index in [2.05, 4.69) is 5.16 Å². The van der Waals surface area contributed by atoms with Gasteiger partial charge in [0.25, 0.3) is 0 Å². The fourth-order valence-electron chi connectivity index (χ4n) is 2.08. The molecule has 3 rings (SSSR count). The van der Waals surface area contributed by atoms with Crippen LogP contribution in [0.4, 0.5) is 4.39 Å². The molecule has 0 saturated heterocycles. The first kappa shape index (κ1) is 18.5. The van der Waals surface area contributed by atoms with Gasteiger partial charge < -0.3 is 19.7 Å². The maximum atomic E-state index is 12.9. The van der Waals surface area contributed by atoms with Crippen molar-refractivity contribution in [1.82, 2.24) is 0 Å². The van der Waals surface area contributed by atoms with Gasteiger partial charge in [-0.2, -0.15) is 0 Å². The van der Waals surface area contributed by atoms with Crippen LogP contribution < -0.4 is 10.5 Å². The number of rotatable bonds is 6. The highest BCUT2D eigenvalue weighted by Gasteiger charge is 2.14. The molecule has 0 bridgehead atoms. The number of para-hydroxylation sites is 1. The van der Waals surface area contributed by atoms with Gasteiger partial charge in [-0.15, -0.1) is 0 Å². The highest BCUT2D eigenvalue weighted by Crippen LogP contribution is 2.24. The van der Waals surface area contributed by atoms with E-state index in [0.717, 1.165) is 0 Å². The quantitative estimate of drug-likeness (QED) is 0.297. The maximum absolute atomic E-state index is 12.9. The van der Waals surface area contributed by atoms with Crippen molar-refractivity contribution < 1.29 is 23.2 Å². The Morgan fingerprint density at radius 3 is 2.59 bits per heavy atom. The number of nitrogens with two attached hydrogens (primary N) is 1. The molecule has 6 nitrogen and oxygen atoms in total. The van der Waals surface area contributed by atoms with E-state index >= 15 is 0 Å². The summed E-state index contributed by atoms with van der Waals surface area (Å²) in [6, 6.07) is 15.3. The van der Waals surface area contributed by atoms with Crippen LogP contribution in [-0.4, -0.2) is 11.8 Å². The number of benzene rings is 2. The van der Waals surface area contributed by atoms with Crippen LogP contribution in [0.2, 0.25) is 5.02 Å². The number of hydrogen-bond acceptors (Lipinski definition) is 5. The Morgan fingerprint density at radius 2 is 1.85 bits per heavy atom. The molecule has 2 aromatic carbocycles. The molecular weight excluding hydrogens is 375 g/mol. The van der Waals surface area contributed by atoms with E-state index in [1.807, 2.05) is 0 Å². The predicted molar refractivity (Wildman–Crippen MR) is 97.0 cm³/mol. The summed E-state index contributed by atoms with van der Waals surface area (Å²) in [6.45, 7) is 0.0813. The van der Waals surface area contributed by atoms with Crippen molar-refractivity contribution in [3.8, 4) is 5.75 Å². The Morgan fingerprint density at radius 1 is 1.11 bits per heavy atom. The van der Waals surface area contributed by atoms with Crippen molar-refractivity contribution in [2.24, 2.45) is 10.9 Å². The van der Waals surface area contributed by atoms with E-state index in [4.69, 9.17) is 31.3 Å². The summed E-state index contributed by atoms with van der Waals surface area (Å²) in [7, 11) is 0. The van der Waals surface area contributed by atoms with Crippen LogP contribution in [-0.2, 0) is 11.4 Å². The van der Waals surface area contributed by atoms with Crippen LogP contribution >= 0.6 is 11.6 Å². The minimum atomic E-state index is -0.830. The van der Waals surface area contributed by atoms with Crippen molar-refractivity contribution in [3.63, 3.8) is 0 Å². The lowest BCUT2D eigenvalue weighted by atomic mass is 10.2. The summed E-state index contributed by atoms with van der Waals surface area (Å²) >= 11 is 6.00. The highest BCUT2D eigenvalue weighted by atomic mass is 35.5. The number of nitrogens with zero attached hydrogens (tertiary/aromatic N) is 1. The number of carbonyl (C=O) groups is 1. The maximum Gasteiger partial charge on any atom is 0.400 e. The van der Waals surface area contributed by atoms with Gasteiger partial charge in [0.05, 0.1) is 5.02 Å². The Hall–Kier alpha value is -3.32. The summed E-state index contributed by atoms with van der Waals surface area (Å²) in [5.74, 6) is -0.482. The van der Waals surface area contributed by atoms with Crippen LogP contribution in [0.15, 0.2) is 70.2 Å². The summed E-state index contributed by atoms with van der Waals surface area (Å²) in [5.41, 5.74) is 6.10. The molecule has 0 fully saturated rings. The van der Waals surface area contributed by atoms with Gasteiger partial charge in [-0.05, 0) is 48.5 Å². The molecule has 2 N–H and O–H groups in total. The minimum absolute atomic E-state index is 0.0663. The van der Waals surface area contributed by atoms with E-state index in [1.165, 1.54) is 30.3 Å². The number of furan rings is 1. The second-order valence-corrected chi connectivity index (χ2v) is 5.75. The average molecular weight is 389 g/mol. The zero-order chi connectivity index (χ0) is 19.2. The van der Waals surface area contributed by atoms with Gasteiger partial charge in [0.2, 0.25) is 5.76 Å². The molecule has 3 aromatic rings. The molecule has 1 aromatic heterocycles. The third-order valence-corrected chi connectivity index (χ3v) is 3.75. The van der Waals surface area contributed by atoms with Crippen molar-refractivity contribution in [3.05, 3.63) is 88.6 Å². The second kappa shape index (κ2) is 8.37. The molecule has 0 atom stereocenters. The first-order valence-corrected chi connectivity index (χ1v) is 8.17. The molecule has 0 saturated carbocycles. The van der Waals surface area contributed by atoms with Crippen molar-refractivity contribution in [2.75, 3.05) is 0 Å². The fraction of sp³-hybridized carbons (Fsp3) is 0.0526. The molecule has 0 radical (unpaired) electrons. The number of hydrogen-bond donors (Lipinski definition) is 1. The van der Waals surface area contributed by atoms with Gasteiger partial charge in [-0.25, -0.2) is 9.18 Å². The van der Waals surface area contributed by atoms with Gasteiger partial charge in [-0.3, -0.25) is 0 Å². The lowest BCUT2D eigenvalue weighted by Gasteiger charge is -2.05. The summed E-state index contributed by atoms with van der Waals surface area (Å²) in [6.07, 6.45) is 0. The van der Waals surface area contributed by atoms with Gasteiger partial charge in [-0.1, -0.05) is 28.9 Å². The molecule has 8 heteroatoms. The highest BCUT2D eigenvalue weighted by molar-refractivity contribution is 6.32. The number of halogens is 2. The third kappa shape index (κ3) is 4.86. The molecule has 0 unspecified atom stereocenters. The molecule has 0 spiro atoms. The number of ether oxygens (including phenoxy) is 1. The Balaban J connectivity index is 1.59. The molecule has 138 valence electrons. The van der Waals surface area contributed by atoms with Gasteiger partial charge in [0, 0.05) is 5.56 Å². The Kier molecular flexibility index (Phi) is 5.73. The number of amidine groups is 1. The lowest BCUT2D eigenvalue weighted by Crippen LogP contribution is -2.15. The smallest absolute Gasteiger partial charge is 0.400 e. The molecular formula is C19H14ClFN2O4. The molecule has 0 aliphatic heterocycles. The van der Waals surface area contributed by atoms with Crippen LogP contribution in [0.3, 0.4) is 0 Å². The fourth-order valence-corrected chi connectivity index (χ4v) is 2.28. The van der Waals surface area contributed by atoms with Crippen LogP contribution in [0.5, 0.6) is 5.75 Å². The van der Waals surface area contributed by atoms with E-state index < -0.39 is 11.8 Å². The van der Waals surface area contributed by atoms with Crippen molar-refractivity contribution >= 4 is 23.4 Å². The largest absolute Gasteiger partial charge is 0.484 e. The summed E-state index contributed by atoms with van der Waals surface area (Å²) < 4.78 is 23.8. The summed E-state index contributed by atoms with van der Waals surface area (Å²) in [5, 5.41) is 4.00. The van der Waals surface area contributed by atoms with Gasteiger partial charge in [0.15, 0.2) is 5.84 Å². The molecule has 1 heterocycles. The van der Waals surface area contributed by atoms with E-state index in [0.29, 0.717) is 22.1 Å². The molecule has 27 heavy (non-hydrogen) atoms. The lowest BCUT2D eigenvalue weighted by molar-refractivity contribution is 0.0475. The standard InChI is InChI=1S/C19H14ClFN2O4/c20-15-3-1-2-4-16(15)25-11-14-9-10-17(26-14)19(24)27-23-18(22)12-5-7-13(21)8-6-12/h1-10H,11H2,(H2,22,23). The zero-order valence-corrected chi connectivity index (χ0v) is 14.7. The zero-order valence-electron chi connectivity index (χ0n) is 13.9. The number of oxime groups is 1. The SMILES string of the molecule is N/C(=N\OC(=O)c1ccc(COc2ccccc2Cl)o1)c1ccc(F)cc1. The van der Waals surface area contributed by atoms with Crippen molar-refractivity contribution in [1.29, 1.82) is 0 Å². The number of carbonyl (C=O) groups excluding carboxylic acids is 1. The molecule has 0 amide bonds. The van der Waals surface area contributed by atoms with Gasteiger partial charge in [0.1, 0.15) is 23.9 Å². The monoisotopic (exact) mass is 388 g/mol. The minimum Gasteiger partial charge on any atom is -0.484 e. The third-order valence-electron chi connectivity index (χ3n) is 3.44. The van der Waals surface area contributed by atoms with E-state index in [1.54, 1.807) is 30.3 Å². The average Bonchev–Trinajstić information content (AvgIpc) is 3.15. The van der Waals surface area contributed by atoms with Crippen LogP contribution in [0.25, 0.3) is 0 Å². The molecule has 0 aliphatic rings. The van der Waals surface area contributed by atoms with Crippen LogP contribution in [0.1, 0.15) is 21.9 Å². The van der Waals surface area contributed by atoms with Crippen molar-refractivity contribution in [2.45, 2.75) is 6.61 Å². The Bertz CT molecular complexity index is 970. The summed E-state index contributed by atoms with van der Waals surface area (Å²) in [4.78, 5) is 16.7. The van der Waals surface area contributed by atoms with E-state index in [-0.39, 0.29) is 18.2 Å². The topological polar surface area (TPSA) is 87.1 Å². The van der Waals surface area contributed by atoms with Crippen LogP contribution in [0, 0.1) is 5.82 Å². The van der Waals surface area contributed by atoms with Gasteiger partial charge >= 0.3 is 5.97 Å². The normalized spacial score (nSPS) is 11.3. The second-order valence-electron chi connectivity index (χ2n) is 5.35.